The zero-order valence-electron chi connectivity index (χ0n) is 12.5. The number of nitrogens with two attached hydrogens (primary N) is 1. The number of fused-ring (bicyclic) bond motifs is 1. The molecule has 3 rings (SSSR count). The monoisotopic (exact) mass is 329 g/mol. The zero-order chi connectivity index (χ0) is 16.4. The number of carbonyl (C=O) groups excluding carboxylic acids is 1. The number of nitrogens with one attached hydrogen (secondary N) is 1. The molecule has 0 spiro atoms. The van der Waals surface area contributed by atoms with E-state index in [-0.39, 0.29) is 6.03 Å². The second-order valence-corrected chi connectivity index (χ2v) is 6.15. The van der Waals surface area contributed by atoms with E-state index < -0.39 is 0 Å². The predicted molar refractivity (Wildman–Crippen MR) is 87.4 cm³/mol. The number of amides is 2. The van der Waals surface area contributed by atoms with E-state index in [0.717, 1.165) is 10.4 Å². The molecule has 3 heterocycles. The number of nitriles is 1. The zero-order valence-corrected chi connectivity index (χ0v) is 13.3. The molecule has 1 aliphatic rings. The first-order valence-corrected chi connectivity index (χ1v) is 7.80. The van der Waals surface area contributed by atoms with Crippen molar-refractivity contribution in [2.45, 2.75) is 13.0 Å². The van der Waals surface area contributed by atoms with Gasteiger partial charge in [-0.3, -0.25) is 0 Å². The van der Waals surface area contributed by atoms with Gasteiger partial charge >= 0.3 is 6.03 Å². The minimum atomic E-state index is -0.229. The lowest BCUT2D eigenvalue weighted by atomic mass is 10.0. The Hall–Kier alpha value is -2.79. The van der Waals surface area contributed by atoms with Crippen LogP contribution in [0, 0.1) is 11.3 Å². The van der Waals surface area contributed by atoms with Crippen LogP contribution >= 0.6 is 11.3 Å². The second kappa shape index (κ2) is 6.14. The van der Waals surface area contributed by atoms with Gasteiger partial charge in [-0.25, -0.2) is 9.78 Å². The van der Waals surface area contributed by atoms with Crippen LogP contribution in [0.1, 0.15) is 16.0 Å². The Morgan fingerprint density at radius 1 is 1.61 bits per heavy atom. The maximum absolute atomic E-state index is 12.4. The second-order valence-electron chi connectivity index (χ2n) is 5.02. The summed E-state index contributed by atoms with van der Waals surface area (Å²) in [7, 11) is 1.50. The largest absolute Gasteiger partial charge is 0.480 e. The summed E-state index contributed by atoms with van der Waals surface area (Å²) in [5.74, 6) is 0.366. The minimum Gasteiger partial charge on any atom is -0.480 e. The Morgan fingerprint density at radius 2 is 2.43 bits per heavy atom. The van der Waals surface area contributed by atoms with E-state index in [1.807, 2.05) is 0 Å². The molecule has 2 amide bonds. The number of hydrogen-bond acceptors (Lipinski definition) is 6. The number of hydrogen-bond donors (Lipinski definition) is 2. The molecule has 1 aliphatic heterocycles. The highest BCUT2D eigenvalue weighted by atomic mass is 32.1. The molecule has 0 atom stereocenters. The van der Waals surface area contributed by atoms with E-state index in [1.165, 1.54) is 18.4 Å². The quantitative estimate of drug-likeness (QED) is 0.879. The first kappa shape index (κ1) is 15.1. The summed E-state index contributed by atoms with van der Waals surface area (Å²) in [5, 5.41) is 12.5. The van der Waals surface area contributed by atoms with E-state index >= 15 is 0 Å². The van der Waals surface area contributed by atoms with Crippen molar-refractivity contribution in [3.63, 3.8) is 0 Å². The molecule has 3 N–H and O–H groups in total. The van der Waals surface area contributed by atoms with Gasteiger partial charge in [0.05, 0.1) is 19.2 Å². The van der Waals surface area contributed by atoms with Gasteiger partial charge in [0.15, 0.2) is 0 Å². The molecule has 2 aromatic heterocycles. The summed E-state index contributed by atoms with van der Waals surface area (Å²) in [6.07, 6.45) is 2.23. The average molecular weight is 329 g/mol. The third-order valence-corrected chi connectivity index (χ3v) is 4.74. The number of rotatable bonds is 2. The lowest BCUT2D eigenvalue weighted by Crippen LogP contribution is -2.38. The average Bonchev–Trinajstić information content (AvgIpc) is 2.89. The van der Waals surface area contributed by atoms with Gasteiger partial charge in [0.1, 0.15) is 16.8 Å². The molecule has 0 saturated heterocycles. The maximum Gasteiger partial charge on any atom is 0.322 e. The lowest BCUT2D eigenvalue weighted by Gasteiger charge is -2.27. The first-order chi connectivity index (χ1) is 11.1. The molecule has 8 heteroatoms. The van der Waals surface area contributed by atoms with Crippen molar-refractivity contribution in [1.82, 2.24) is 9.88 Å². The predicted octanol–water partition coefficient (Wildman–Crippen LogP) is 2.20. The number of nitrogen functional groups attached to an aromatic ring is 1. The van der Waals surface area contributed by atoms with Crippen molar-refractivity contribution >= 4 is 28.1 Å². The van der Waals surface area contributed by atoms with E-state index in [2.05, 4.69) is 16.4 Å². The van der Waals surface area contributed by atoms with Crippen LogP contribution in [-0.2, 0) is 13.0 Å². The highest BCUT2D eigenvalue weighted by molar-refractivity contribution is 7.16. The molecular formula is C15H15N5O2S. The molecule has 23 heavy (non-hydrogen) atoms. The fourth-order valence-corrected chi connectivity index (χ4v) is 3.65. The Morgan fingerprint density at radius 3 is 3.17 bits per heavy atom. The summed E-state index contributed by atoms with van der Waals surface area (Å²) >= 11 is 1.37. The van der Waals surface area contributed by atoms with Crippen molar-refractivity contribution in [2.24, 2.45) is 0 Å². The van der Waals surface area contributed by atoms with E-state index in [9.17, 15) is 4.79 Å². The third kappa shape index (κ3) is 2.78. The van der Waals surface area contributed by atoms with Crippen LogP contribution in [0.5, 0.6) is 5.88 Å². The van der Waals surface area contributed by atoms with Crippen LogP contribution in [0.4, 0.5) is 15.5 Å². The number of methoxy groups -OCH3 is 1. The molecule has 0 radical (unpaired) electrons. The topological polar surface area (TPSA) is 104 Å². The number of pyridine rings is 1. The Labute approximate surface area is 137 Å². The SMILES string of the molecule is COc1ncccc1NC(=O)N1CCc2c(sc(N)c2C#N)C1. The Bertz CT molecular complexity index is 796. The Balaban J connectivity index is 1.76. The normalized spacial score (nSPS) is 13.1. The van der Waals surface area contributed by atoms with Gasteiger partial charge < -0.3 is 20.7 Å². The molecule has 0 aliphatic carbocycles. The fourth-order valence-electron chi connectivity index (χ4n) is 2.56. The van der Waals surface area contributed by atoms with Crippen molar-refractivity contribution in [3.8, 4) is 11.9 Å². The summed E-state index contributed by atoms with van der Waals surface area (Å²) < 4.78 is 5.13. The third-order valence-electron chi connectivity index (χ3n) is 3.69. The van der Waals surface area contributed by atoms with Gasteiger partial charge in [-0.2, -0.15) is 5.26 Å². The van der Waals surface area contributed by atoms with Crippen LogP contribution in [-0.4, -0.2) is 29.6 Å². The van der Waals surface area contributed by atoms with Crippen LogP contribution in [0.2, 0.25) is 0 Å². The van der Waals surface area contributed by atoms with Gasteiger partial charge in [0.25, 0.3) is 0 Å². The summed E-state index contributed by atoms with van der Waals surface area (Å²) in [6, 6.07) is 5.37. The molecule has 0 fully saturated rings. The van der Waals surface area contributed by atoms with Crippen molar-refractivity contribution in [1.29, 1.82) is 5.26 Å². The van der Waals surface area contributed by atoms with Crippen molar-refractivity contribution in [3.05, 3.63) is 34.3 Å². The number of thiophene rings is 1. The van der Waals surface area contributed by atoms with Gasteiger partial charge in [0, 0.05) is 17.6 Å². The highest BCUT2D eigenvalue weighted by Crippen LogP contribution is 2.34. The molecule has 2 aromatic rings. The molecule has 0 unspecified atom stereocenters. The van der Waals surface area contributed by atoms with E-state index in [4.69, 9.17) is 15.7 Å². The lowest BCUT2D eigenvalue weighted by molar-refractivity contribution is 0.207. The molecule has 0 saturated carbocycles. The number of carbonyl (C=O) groups is 1. The first-order valence-electron chi connectivity index (χ1n) is 6.99. The maximum atomic E-state index is 12.4. The van der Waals surface area contributed by atoms with E-state index in [0.29, 0.717) is 41.6 Å². The summed E-state index contributed by atoms with van der Waals surface area (Å²) in [6.45, 7) is 0.979. The highest BCUT2D eigenvalue weighted by Gasteiger charge is 2.26. The number of urea groups is 1. The van der Waals surface area contributed by atoms with Gasteiger partial charge in [0.2, 0.25) is 5.88 Å². The van der Waals surface area contributed by atoms with Crippen molar-refractivity contribution in [2.75, 3.05) is 24.7 Å². The summed E-state index contributed by atoms with van der Waals surface area (Å²) in [4.78, 5) is 19.2. The molecule has 7 nitrogen and oxygen atoms in total. The van der Waals surface area contributed by atoms with Gasteiger partial charge in [-0.1, -0.05) is 0 Å². The van der Waals surface area contributed by atoms with Crippen LogP contribution in [0.15, 0.2) is 18.3 Å². The van der Waals surface area contributed by atoms with Gasteiger partial charge in [-0.15, -0.1) is 11.3 Å². The van der Waals surface area contributed by atoms with Crippen LogP contribution in [0.3, 0.4) is 0 Å². The molecule has 118 valence electrons. The molecular weight excluding hydrogens is 314 g/mol. The number of anilines is 2. The fraction of sp³-hybridized carbons (Fsp3) is 0.267. The van der Waals surface area contributed by atoms with Crippen LogP contribution in [0.25, 0.3) is 0 Å². The van der Waals surface area contributed by atoms with Crippen molar-refractivity contribution < 1.29 is 9.53 Å². The standard InChI is InChI=1S/C15H15N5O2S/c1-22-14-11(3-2-5-18-14)19-15(21)20-6-4-9-10(7-16)13(17)23-12(9)8-20/h2-3,5H,4,6,8,17H2,1H3,(H,19,21). The van der Waals surface area contributed by atoms with Crippen LogP contribution < -0.4 is 15.8 Å². The molecule has 0 aromatic carbocycles. The van der Waals surface area contributed by atoms with Gasteiger partial charge in [-0.05, 0) is 24.1 Å². The number of aromatic nitrogens is 1. The van der Waals surface area contributed by atoms with E-state index in [1.54, 1.807) is 23.2 Å². The Kier molecular flexibility index (Phi) is 4.04. The molecule has 0 bridgehead atoms. The minimum absolute atomic E-state index is 0.229. The summed E-state index contributed by atoms with van der Waals surface area (Å²) in [5.41, 5.74) is 7.91. The number of nitrogens with zero attached hydrogens (tertiary/aromatic N) is 3. The smallest absolute Gasteiger partial charge is 0.322 e. The number of ether oxygens (including phenoxy) is 1.